The van der Waals surface area contributed by atoms with Crippen molar-refractivity contribution in [3.63, 3.8) is 0 Å². The Morgan fingerprint density at radius 1 is 0.568 bits per heavy atom. The van der Waals surface area contributed by atoms with Crippen LogP contribution in [0.3, 0.4) is 0 Å². The molecule has 0 spiro atoms. The molecule has 204 valence electrons. The van der Waals surface area contributed by atoms with Crippen LogP contribution in [-0.2, 0) is 23.0 Å². The molecule has 0 aliphatic rings. The van der Waals surface area contributed by atoms with Crippen LogP contribution >= 0.6 is 0 Å². The number of rotatable bonds is 21. The van der Waals surface area contributed by atoms with Gasteiger partial charge in [0.2, 0.25) is 0 Å². The van der Waals surface area contributed by atoms with Crippen molar-refractivity contribution in [2.45, 2.75) is 147 Å². The van der Waals surface area contributed by atoms with Crippen LogP contribution in [0.4, 0.5) is 0 Å². The van der Waals surface area contributed by atoms with Gasteiger partial charge in [-0.05, 0) is 53.6 Å². The Kier molecular flexibility index (Phi) is 20.1. The van der Waals surface area contributed by atoms with Gasteiger partial charge in [-0.25, -0.2) is 8.42 Å². The number of aryl methyl sites for hydroxylation is 2. The van der Waals surface area contributed by atoms with Gasteiger partial charge in [0.25, 0.3) is 0 Å². The molecule has 0 unspecified atom stereocenters. The van der Waals surface area contributed by atoms with Gasteiger partial charge in [-0.15, -0.1) is 0 Å². The molecule has 0 saturated carbocycles. The molecule has 0 aliphatic heterocycles. The summed E-state index contributed by atoms with van der Waals surface area (Å²) in [7, 11) is -4.49. The van der Waals surface area contributed by atoms with Crippen LogP contribution in [0, 0.1) is 0 Å². The molecule has 0 N–H and O–H groups in total. The van der Waals surface area contributed by atoms with E-state index in [4.69, 9.17) is 0 Å². The van der Waals surface area contributed by atoms with Crippen LogP contribution in [0.15, 0.2) is 35.2 Å². The minimum atomic E-state index is -4.49. The minimum Gasteiger partial charge on any atom is -0.744 e. The molecule has 0 atom stereocenters. The minimum absolute atomic E-state index is 0. The van der Waals surface area contributed by atoms with Gasteiger partial charge in [0.15, 0.2) is 0 Å². The average Bonchev–Trinajstić information content (AvgIpc) is 2.86. The molecule has 0 fully saturated rings. The predicted octanol–water partition coefficient (Wildman–Crippen LogP) is 6.89. The molecule has 0 saturated heterocycles. The molecule has 5 heteroatoms. The second-order valence-electron chi connectivity index (χ2n) is 10.7. The first-order valence-electron chi connectivity index (χ1n) is 15.0. The second-order valence-corrected chi connectivity index (χ2v) is 12.1. The number of hydrogen-bond donors (Lipinski definition) is 0. The summed E-state index contributed by atoms with van der Waals surface area (Å²) in [6.07, 6.45) is 25.3. The SMILES string of the molecule is CCCCCCCCCCCc1ccc2c(S(=O)(=O)[O-])ccc(CCCCCCCCCCC)c2c1.[K+]. The fourth-order valence-electron chi connectivity index (χ4n) is 5.29. The monoisotopic (exact) mass is 554 g/mol. The normalized spacial score (nSPS) is 11.6. The number of hydrogen-bond acceptors (Lipinski definition) is 3. The van der Waals surface area contributed by atoms with Crippen molar-refractivity contribution < 1.29 is 64.4 Å². The van der Waals surface area contributed by atoms with E-state index in [0.29, 0.717) is 5.39 Å². The maximum Gasteiger partial charge on any atom is 1.00 e. The third kappa shape index (κ3) is 14.4. The van der Waals surface area contributed by atoms with Gasteiger partial charge in [0, 0.05) is 0 Å². The van der Waals surface area contributed by atoms with Gasteiger partial charge in [0.05, 0.1) is 4.90 Å². The van der Waals surface area contributed by atoms with E-state index in [-0.39, 0.29) is 56.3 Å². The Hall–Kier alpha value is 0.246. The zero-order valence-corrected chi connectivity index (χ0v) is 28.1. The first-order chi connectivity index (χ1) is 17.5. The fourth-order valence-corrected chi connectivity index (χ4v) is 5.97. The molecular weight excluding hydrogens is 504 g/mol. The molecule has 2 aromatic rings. The zero-order valence-electron chi connectivity index (χ0n) is 24.2. The van der Waals surface area contributed by atoms with Crippen molar-refractivity contribution in [2.24, 2.45) is 0 Å². The summed E-state index contributed by atoms with van der Waals surface area (Å²) in [6, 6.07) is 9.43. The van der Waals surface area contributed by atoms with E-state index in [9.17, 15) is 13.0 Å². The van der Waals surface area contributed by atoms with Crippen LogP contribution < -0.4 is 51.4 Å². The summed E-state index contributed by atoms with van der Waals surface area (Å²) >= 11 is 0. The number of unbranched alkanes of at least 4 members (excludes halogenated alkanes) is 16. The van der Waals surface area contributed by atoms with Gasteiger partial charge < -0.3 is 4.55 Å². The van der Waals surface area contributed by atoms with E-state index in [2.05, 4.69) is 19.9 Å². The molecule has 0 heterocycles. The number of fused-ring (bicyclic) bond motifs is 1. The molecule has 2 rings (SSSR count). The average molecular weight is 555 g/mol. The van der Waals surface area contributed by atoms with Crippen molar-refractivity contribution in [2.75, 3.05) is 0 Å². The van der Waals surface area contributed by atoms with Gasteiger partial charge in [-0.2, -0.15) is 0 Å². The smallest absolute Gasteiger partial charge is 0.744 e. The van der Waals surface area contributed by atoms with Crippen LogP contribution in [-0.4, -0.2) is 13.0 Å². The van der Waals surface area contributed by atoms with E-state index in [0.717, 1.165) is 31.1 Å². The summed E-state index contributed by atoms with van der Waals surface area (Å²) in [6.45, 7) is 4.51. The first-order valence-corrected chi connectivity index (χ1v) is 16.4. The quantitative estimate of drug-likeness (QED) is 0.0958. The van der Waals surface area contributed by atoms with Crippen LogP contribution in [0.5, 0.6) is 0 Å². The van der Waals surface area contributed by atoms with Crippen molar-refractivity contribution in [3.8, 4) is 0 Å². The Labute approximate surface area is 271 Å². The standard InChI is InChI=1S/C32H52O3S.K/c1-3-5-7-9-11-13-15-17-19-21-28-23-25-30-31(27-28)29(24-26-32(30)36(33,34)35)22-20-18-16-14-12-10-8-6-4-2;/h23-27H,3-22H2,1-2H3,(H,33,34,35);/q;+1/p-1. The van der Waals surface area contributed by atoms with Gasteiger partial charge in [0.1, 0.15) is 10.1 Å². The fraction of sp³-hybridized carbons (Fsp3) is 0.688. The third-order valence-corrected chi connectivity index (χ3v) is 8.41. The summed E-state index contributed by atoms with van der Waals surface area (Å²) in [5, 5.41) is 1.55. The van der Waals surface area contributed by atoms with E-state index in [1.807, 2.05) is 18.2 Å². The molecule has 37 heavy (non-hydrogen) atoms. The van der Waals surface area contributed by atoms with Crippen molar-refractivity contribution in [1.29, 1.82) is 0 Å². The Morgan fingerprint density at radius 3 is 1.51 bits per heavy atom. The second kappa shape index (κ2) is 21.1. The Balaban J connectivity index is 0.00000684. The molecule has 2 aromatic carbocycles. The summed E-state index contributed by atoms with van der Waals surface area (Å²) < 4.78 is 35.6. The molecule has 0 amide bonds. The maximum atomic E-state index is 11.9. The van der Waals surface area contributed by atoms with Crippen LogP contribution in [0.25, 0.3) is 10.8 Å². The van der Waals surface area contributed by atoms with E-state index >= 15 is 0 Å². The van der Waals surface area contributed by atoms with Gasteiger partial charge >= 0.3 is 51.4 Å². The van der Waals surface area contributed by atoms with Crippen molar-refractivity contribution in [3.05, 3.63) is 41.5 Å². The number of benzene rings is 2. The van der Waals surface area contributed by atoms with E-state index < -0.39 is 10.1 Å². The predicted molar refractivity (Wildman–Crippen MR) is 154 cm³/mol. The summed E-state index contributed by atoms with van der Waals surface area (Å²) in [4.78, 5) is -0.0806. The van der Waals surface area contributed by atoms with Crippen molar-refractivity contribution in [1.82, 2.24) is 0 Å². The largest absolute Gasteiger partial charge is 1.00 e. The summed E-state index contributed by atoms with van der Waals surface area (Å²) in [5.41, 5.74) is 2.42. The summed E-state index contributed by atoms with van der Waals surface area (Å²) in [5.74, 6) is 0. The molecule has 0 radical (unpaired) electrons. The van der Waals surface area contributed by atoms with Crippen molar-refractivity contribution >= 4 is 20.9 Å². The molecule has 0 bridgehead atoms. The molecular formula is C32H51KO3S. The molecule has 0 aromatic heterocycles. The maximum absolute atomic E-state index is 11.9. The van der Waals surface area contributed by atoms with E-state index in [1.54, 1.807) is 0 Å². The van der Waals surface area contributed by atoms with Gasteiger partial charge in [-0.1, -0.05) is 141 Å². The Morgan fingerprint density at radius 2 is 1.03 bits per heavy atom. The Bertz CT molecular complexity index is 971. The van der Waals surface area contributed by atoms with Crippen LogP contribution in [0.1, 0.15) is 141 Å². The first kappa shape index (κ1) is 35.3. The van der Waals surface area contributed by atoms with Crippen LogP contribution in [0.2, 0.25) is 0 Å². The van der Waals surface area contributed by atoms with E-state index in [1.165, 1.54) is 120 Å². The molecule has 3 nitrogen and oxygen atoms in total. The third-order valence-electron chi connectivity index (χ3n) is 7.52. The molecule has 0 aliphatic carbocycles. The van der Waals surface area contributed by atoms with Gasteiger partial charge in [-0.3, -0.25) is 0 Å². The zero-order chi connectivity index (χ0) is 26.1. The topological polar surface area (TPSA) is 57.2 Å².